The Balaban J connectivity index is 1.60. The maximum Gasteiger partial charge on any atom is 0.311 e. The third-order valence-corrected chi connectivity index (χ3v) is 5.86. The minimum Gasteiger partial charge on any atom is -0.455 e. The number of nitrogens with zero attached hydrogens (tertiary/aromatic N) is 1. The smallest absolute Gasteiger partial charge is 0.311 e. The molecule has 1 fully saturated rings. The second-order valence-electron chi connectivity index (χ2n) is 8.47. The Bertz CT molecular complexity index is 1010. The molecule has 1 N–H and O–H groups in total. The van der Waals surface area contributed by atoms with Gasteiger partial charge in [0.2, 0.25) is 5.91 Å². The van der Waals surface area contributed by atoms with Crippen molar-refractivity contribution in [2.45, 2.75) is 47.0 Å². The van der Waals surface area contributed by atoms with Crippen molar-refractivity contribution in [2.24, 2.45) is 5.92 Å². The minimum absolute atomic E-state index is 0.0864. The molecule has 2 amide bonds. The molecule has 2 aromatic rings. The van der Waals surface area contributed by atoms with Crippen molar-refractivity contribution in [3.05, 3.63) is 58.7 Å². The topological polar surface area (TPSA) is 75.7 Å². The van der Waals surface area contributed by atoms with Gasteiger partial charge in [-0.05, 0) is 55.0 Å². The van der Waals surface area contributed by atoms with E-state index in [0.29, 0.717) is 0 Å². The van der Waals surface area contributed by atoms with Gasteiger partial charge in [-0.2, -0.15) is 0 Å². The average molecular weight is 423 g/mol. The highest BCUT2D eigenvalue weighted by Crippen LogP contribution is 2.30. The number of carbonyl (C=O) groups excluding carboxylic acids is 3. The van der Waals surface area contributed by atoms with Crippen molar-refractivity contribution in [3.8, 4) is 0 Å². The quantitative estimate of drug-likeness (QED) is 0.706. The molecule has 0 unspecified atom stereocenters. The first-order valence-corrected chi connectivity index (χ1v) is 10.6. The summed E-state index contributed by atoms with van der Waals surface area (Å²) in [7, 11) is 0. The van der Waals surface area contributed by atoms with Crippen molar-refractivity contribution in [3.63, 3.8) is 0 Å². The van der Waals surface area contributed by atoms with Crippen LogP contribution in [-0.4, -0.2) is 30.9 Å². The van der Waals surface area contributed by atoms with Crippen LogP contribution in [0, 0.1) is 26.7 Å². The van der Waals surface area contributed by atoms with Crippen LogP contribution in [0.15, 0.2) is 36.4 Å². The highest BCUT2D eigenvalue weighted by atomic mass is 16.5. The van der Waals surface area contributed by atoms with Crippen LogP contribution in [0.2, 0.25) is 0 Å². The fourth-order valence-electron chi connectivity index (χ4n) is 3.90. The number of hydrogen-bond acceptors (Lipinski definition) is 4. The molecule has 6 nitrogen and oxygen atoms in total. The summed E-state index contributed by atoms with van der Waals surface area (Å²) < 4.78 is 5.26. The fraction of sp³-hybridized carbons (Fsp3) is 0.400. The number of aryl methyl sites for hydroxylation is 2. The van der Waals surface area contributed by atoms with E-state index in [1.807, 2.05) is 57.2 Å². The van der Waals surface area contributed by atoms with Gasteiger partial charge in [-0.1, -0.05) is 44.2 Å². The van der Waals surface area contributed by atoms with Crippen molar-refractivity contribution in [1.29, 1.82) is 0 Å². The summed E-state index contributed by atoms with van der Waals surface area (Å²) in [5.74, 6) is -1.35. The Labute approximate surface area is 183 Å². The lowest BCUT2D eigenvalue weighted by Gasteiger charge is -2.20. The molecule has 1 aliphatic rings. The van der Waals surface area contributed by atoms with E-state index in [4.69, 9.17) is 4.74 Å². The highest BCUT2D eigenvalue weighted by molar-refractivity contribution is 6.00. The molecule has 0 saturated carbocycles. The lowest BCUT2D eigenvalue weighted by Crippen LogP contribution is -2.29. The van der Waals surface area contributed by atoms with Gasteiger partial charge in [0.15, 0.2) is 6.61 Å². The molecule has 1 atom stereocenters. The van der Waals surface area contributed by atoms with E-state index in [1.165, 1.54) is 0 Å². The van der Waals surface area contributed by atoms with Crippen LogP contribution in [-0.2, 0) is 19.1 Å². The van der Waals surface area contributed by atoms with Crippen LogP contribution in [0.25, 0.3) is 0 Å². The Kier molecular flexibility index (Phi) is 6.78. The summed E-state index contributed by atoms with van der Waals surface area (Å²) in [6.07, 6.45) is 0.0864. The Hall–Kier alpha value is -3.15. The first-order chi connectivity index (χ1) is 14.7. The summed E-state index contributed by atoms with van der Waals surface area (Å²) in [5, 5.41) is 2.87. The standard InChI is InChI=1S/C25H30N2O4/c1-15(2)20-10-6-9-17(4)24(20)26-22(28)14-31-25(30)19-12-23(29)27(13-19)21-11-7-8-16(3)18(21)5/h6-11,15,19H,12-14H2,1-5H3,(H,26,28)/t19-/m1/s1. The van der Waals surface area contributed by atoms with Crippen LogP contribution < -0.4 is 10.2 Å². The maximum absolute atomic E-state index is 12.5. The second-order valence-corrected chi connectivity index (χ2v) is 8.47. The molecule has 0 bridgehead atoms. The van der Waals surface area contributed by atoms with E-state index in [9.17, 15) is 14.4 Å². The predicted octanol–water partition coefficient (Wildman–Crippen LogP) is 4.27. The van der Waals surface area contributed by atoms with Crippen LogP contribution in [0.4, 0.5) is 11.4 Å². The Morgan fingerprint density at radius 2 is 1.77 bits per heavy atom. The number of hydrogen-bond donors (Lipinski definition) is 1. The maximum atomic E-state index is 12.5. The second kappa shape index (κ2) is 9.33. The van der Waals surface area contributed by atoms with Gasteiger partial charge in [0.05, 0.1) is 5.92 Å². The number of rotatable bonds is 6. The van der Waals surface area contributed by atoms with E-state index in [0.717, 1.165) is 33.6 Å². The van der Waals surface area contributed by atoms with Gasteiger partial charge in [0, 0.05) is 24.3 Å². The van der Waals surface area contributed by atoms with E-state index >= 15 is 0 Å². The normalized spacial score (nSPS) is 16.0. The number of anilines is 2. The SMILES string of the molecule is Cc1cccc(N2C[C@H](C(=O)OCC(=O)Nc3c(C)cccc3C(C)C)CC2=O)c1C. The number of carbonyl (C=O) groups is 3. The Morgan fingerprint density at radius 1 is 1.10 bits per heavy atom. The van der Waals surface area contributed by atoms with E-state index in [2.05, 4.69) is 19.2 Å². The Morgan fingerprint density at radius 3 is 2.48 bits per heavy atom. The molecule has 1 heterocycles. The van der Waals surface area contributed by atoms with E-state index in [-0.39, 0.29) is 37.3 Å². The zero-order chi connectivity index (χ0) is 22.7. The van der Waals surface area contributed by atoms with Crippen LogP contribution in [0.1, 0.15) is 48.4 Å². The van der Waals surface area contributed by atoms with Crippen LogP contribution in [0.3, 0.4) is 0 Å². The van der Waals surface area contributed by atoms with Gasteiger partial charge in [-0.15, -0.1) is 0 Å². The summed E-state index contributed by atoms with van der Waals surface area (Å²) in [6.45, 7) is 9.89. The molecule has 3 rings (SSSR count). The number of benzene rings is 2. The first-order valence-electron chi connectivity index (χ1n) is 10.6. The van der Waals surface area contributed by atoms with E-state index in [1.54, 1.807) is 4.90 Å². The number of nitrogens with one attached hydrogen (secondary N) is 1. The lowest BCUT2D eigenvalue weighted by molar-refractivity contribution is -0.151. The number of esters is 1. The van der Waals surface area contributed by atoms with E-state index < -0.39 is 11.9 Å². The molecule has 0 aliphatic carbocycles. The van der Waals surface area contributed by atoms with Crippen molar-refractivity contribution >= 4 is 29.2 Å². The predicted molar refractivity (Wildman–Crippen MR) is 121 cm³/mol. The molecule has 31 heavy (non-hydrogen) atoms. The summed E-state index contributed by atoms with van der Waals surface area (Å²) >= 11 is 0. The summed E-state index contributed by atoms with van der Waals surface area (Å²) in [5.41, 5.74) is 5.67. The van der Waals surface area contributed by atoms with Gasteiger partial charge in [0.1, 0.15) is 0 Å². The molecule has 164 valence electrons. The van der Waals surface area contributed by atoms with Crippen molar-refractivity contribution in [2.75, 3.05) is 23.4 Å². The zero-order valence-electron chi connectivity index (χ0n) is 18.8. The van der Waals surface area contributed by atoms with Crippen molar-refractivity contribution < 1.29 is 19.1 Å². The zero-order valence-corrected chi connectivity index (χ0v) is 18.8. The molecular weight excluding hydrogens is 392 g/mol. The first kappa shape index (κ1) is 22.5. The molecule has 0 radical (unpaired) electrons. The van der Waals surface area contributed by atoms with Gasteiger partial charge in [-0.25, -0.2) is 0 Å². The highest BCUT2D eigenvalue weighted by Gasteiger charge is 2.37. The van der Waals surface area contributed by atoms with Gasteiger partial charge < -0.3 is 15.0 Å². The van der Waals surface area contributed by atoms with Crippen LogP contribution >= 0.6 is 0 Å². The summed E-state index contributed by atoms with van der Waals surface area (Å²) in [4.78, 5) is 39.1. The molecule has 1 aliphatic heterocycles. The third-order valence-electron chi connectivity index (χ3n) is 5.86. The van der Waals surface area contributed by atoms with Crippen molar-refractivity contribution in [1.82, 2.24) is 0 Å². The third kappa shape index (κ3) is 4.95. The lowest BCUT2D eigenvalue weighted by atomic mass is 9.98. The number of para-hydroxylation sites is 1. The molecule has 2 aromatic carbocycles. The molecule has 1 saturated heterocycles. The summed E-state index contributed by atoms with van der Waals surface area (Å²) in [6, 6.07) is 11.6. The van der Waals surface area contributed by atoms with Crippen LogP contribution in [0.5, 0.6) is 0 Å². The number of amides is 2. The average Bonchev–Trinajstić information content (AvgIpc) is 3.11. The van der Waals surface area contributed by atoms with Gasteiger partial charge in [-0.3, -0.25) is 14.4 Å². The van der Waals surface area contributed by atoms with Gasteiger partial charge in [0.25, 0.3) is 5.91 Å². The molecule has 0 spiro atoms. The molecule has 6 heteroatoms. The molecule has 0 aromatic heterocycles. The molecular formula is C25H30N2O4. The minimum atomic E-state index is -0.579. The number of ether oxygens (including phenoxy) is 1. The largest absolute Gasteiger partial charge is 0.455 e. The van der Waals surface area contributed by atoms with Gasteiger partial charge >= 0.3 is 5.97 Å². The fourth-order valence-corrected chi connectivity index (χ4v) is 3.90. The monoisotopic (exact) mass is 422 g/mol.